The van der Waals surface area contributed by atoms with E-state index < -0.39 is 0 Å². The predicted octanol–water partition coefficient (Wildman–Crippen LogP) is 4.93. The van der Waals surface area contributed by atoms with Crippen LogP contribution in [0.2, 0.25) is 0 Å². The number of rotatable bonds is 6. The Morgan fingerprint density at radius 3 is 2.52 bits per heavy atom. The number of methoxy groups -OCH3 is 1. The zero-order valence-electron chi connectivity index (χ0n) is 19.3. The molecule has 0 aromatic heterocycles. The minimum Gasteiger partial charge on any atom is -0.497 e. The molecule has 2 fully saturated rings. The molecular weight excluding hydrogens is 410 g/mol. The molecule has 1 aliphatic carbocycles. The molecule has 170 valence electrons. The molecule has 6 rings (SSSR count). The summed E-state index contributed by atoms with van der Waals surface area (Å²) in [6.07, 6.45) is 4.02. The summed E-state index contributed by atoms with van der Waals surface area (Å²) in [6.45, 7) is 6.28. The third kappa shape index (κ3) is 3.84. The molecule has 5 nitrogen and oxygen atoms in total. The van der Waals surface area contributed by atoms with Crippen LogP contribution in [0.1, 0.15) is 35.2 Å². The van der Waals surface area contributed by atoms with E-state index >= 15 is 0 Å². The lowest BCUT2D eigenvalue weighted by Crippen LogP contribution is -2.32. The van der Waals surface area contributed by atoms with Gasteiger partial charge in [0.2, 0.25) is 0 Å². The standard InChI is InChI=1S/C28H31N3O2/c1-33-22-10-8-21(9-11-22)19-31-26-13-12-25(23-4-2-5-24(27(23)26)28(31)32)30-15-3-14-29(16-17-30)18-20-6-7-20/h2,4-5,8-13,20H,3,6-7,14-19H2,1H3. The molecule has 3 aliphatic rings. The molecule has 33 heavy (non-hydrogen) atoms. The summed E-state index contributed by atoms with van der Waals surface area (Å²) >= 11 is 0. The third-order valence-corrected chi connectivity index (χ3v) is 7.40. The van der Waals surface area contributed by atoms with E-state index in [1.807, 2.05) is 41.3 Å². The SMILES string of the molecule is COc1ccc(CN2C(=O)c3cccc4c(N5CCCN(CC6CC6)CC5)ccc2c34)cc1. The first-order valence-corrected chi connectivity index (χ1v) is 12.2. The van der Waals surface area contributed by atoms with Gasteiger partial charge in [0.05, 0.1) is 19.3 Å². The summed E-state index contributed by atoms with van der Waals surface area (Å²) < 4.78 is 5.28. The first-order valence-electron chi connectivity index (χ1n) is 12.2. The summed E-state index contributed by atoms with van der Waals surface area (Å²) in [5, 5.41) is 2.30. The second-order valence-corrected chi connectivity index (χ2v) is 9.66. The van der Waals surface area contributed by atoms with Crippen LogP contribution in [0.3, 0.4) is 0 Å². The number of anilines is 2. The Bertz CT molecular complexity index is 1190. The summed E-state index contributed by atoms with van der Waals surface area (Å²) in [7, 11) is 1.67. The van der Waals surface area contributed by atoms with Gasteiger partial charge in [-0.25, -0.2) is 0 Å². The van der Waals surface area contributed by atoms with Crippen LogP contribution in [0, 0.1) is 5.92 Å². The lowest BCUT2D eigenvalue weighted by atomic mass is 10.0. The summed E-state index contributed by atoms with van der Waals surface area (Å²) in [4.78, 5) is 20.5. The van der Waals surface area contributed by atoms with Crippen LogP contribution >= 0.6 is 0 Å². The van der Waals surface area contributed by atoms with E-state index in [-0.39, 0.29) is 5.91 Å². The molecule has 0 unspecified atom stereocenters. The second kappa shape index (κ2) is 8.38. The first-order chi connectivity index (χ1) is 16.2. The van der Waals surface area contributed by atoms with Gasteiger partial charge in [-0.2, -0.15) is 0 Å². The van der Waals surface area contributed by atoms with Gasteiger partial charge in [0.1, 0.15) is 5.75 Å². The highest BCUT2D eigenvalue weighted by molar-refractivity contribution is 6.26. The van der Waals surface area contributed by atoms with E-state index in [0.717, 1.165) is 53.5 Å². The van der Waals surface area contributed by atoms with Gasteiger partial charge >= 0.3 is 0 Å². The molecule has 3 aromatic rings. The lowest BCUT2D eigenvalue weighted by molar-refractivity contribution is 0.0991. The molecule has 0 radical (unpaired) electrons. The number of benzene rings is 3. The monoisotopic (exact) mass is 441 g/mol. The molecule has 5 heteroatoms. The van der Waals surface area contributed by atoms with Crippen LogP contribution in [0.5, 0.6) is 5.75 Å². The largest absolute Gasteiger partial charge is 0.497 e. The maximum atomic E-state index is 13.4. The van der Waals surface area contributed by atoms with Crippen LogP contribution in [0.25, 0.3) is 10.8 Å². The van der Waals surface area contributed by atoms with Crippen LogP contribution in [-0.4, -0.2) is 50.6 Å². The highest BCUT2D eigenvalue weighted by atomic mass is 16.5. The molecule has 0 atom stereocenters. The van der Waals surface area contributed by atoms with E-state index in [1.54, 1.807) is 7.11 Å². The van der Waals surface area contributed by atoms with Crippen molar-refractivity contribution < 1.29 is 9.53 Å². The fourth-order valence-corrected chi connectivity index (χ4v) is 5.44. The molecule has 1 saturated heterocycles. The number of nitrogens with zero attached hydrogens (tertiary/aromatic N) is 3. The Kier molecular flexibility index (Phi) is 5.22. The van der Waals surface area contributed by atoms with Crippen molar-refractivity contribution in [2.75, 3.05) is 49.6 Å². The van der Waals surface area contributed by atoms with E-state index in [2.05, 4.69) is 28.0 Å². The number of amides is 1. The fraction of sp³-hybridized carbons (Fsp3) is 0.393. The quantitative estimate of drug-likeness (QED) is 0.543. The van der Waals surface area contributed by atoms with Gasteiger partial charge in [0, 0.05) is 48.2 Å². The van der Waals surface area contributed by atoms with Gasteiger partial charge in [0.15, 0.2) is 0 Å². The Morgan fingerprint density at radius 2 is 1.73 bits per heavy atom. The van der Waals surface area contributed by atoms with E-state index in [4.69, 9.17) is 4.74 Å². The van der Waals surface area contributed by atoms with Crippen molar-refractivity contribution >= 4 is 28.1 Å². The van der Waals surface area contributed by atoms with E-state index in [9.17, 15) is 4.79 Å². The van der Waals surface area contributed by atoms with Crippen molar-refractivity contribution in [2.24, 2.45) is 5.92 Å². The first kappa shape index (κ1) is 20.5. The van der Waals surface area contributed by atoms with Crippen molar-refractivity contribution in [3.05, 3.63) is 65.7 Å². The molecule has 0 bridgehead atoms. The van der Waals surface area contributed by atoms with Crippen LogP contribution in [-0.2, 0) is 6.54 Å². The maximum Gasteiger partial charge on any atom is 0.259 e. The van der Waals surface area contributed by atoms with Crippen LogP contribution < -0.4 is 14.5 Å². The topological polar surface area (TPSA) is 36.0 Å². The highest BCUT2D eigenvalue weighted by Crippen LogP contribution is 2.42. The molecule has 2 heterocycles. The average molecular weight is 442 g/mol. The lowest BCUT2D eigenvalue weighted by Gasteiger charge is -2.26. The normalized spacial score (nSPS) is 18.8. The number of hydrogen-bond acceptors (Lipinski definition) is 4. The Balaban J connectivity index is 1.29. The van der Waals surface area contributed by atoms with Crippen LogP contribution in [0.4, 0.5) is 11.4 Å². The number of carbonyl (C=O) groups is 1. The van der Waals surface area contributed by atoms with Crippen molar-refractivity contribution in [1.82, 2.24) is 4.90 Å². The molecule has 0 spiro atoms. The van der Waals surface area contributed by atoms with Gasteiger partial charge in [-0.15, -0.1) is 0 Å². The smallest absolute Gasteiger partial charge is 0.259 e. The molecule has 3 aromatic carbocycles. The molecule has 2 aliphatic heterocycles. The Hall–Kier alpha value is -3.05. The summed E-state index contributed by atoms with van der Waals surface area (Å²) in [5.74, 6) is 1.86. The van der Waals surface area contributed by atoms with Crippen molar-refractivity contribution in [2.45, 2.75) is 25.8 Å². The van der Waals surface area contributed by atoms with Gasteiger partial charge in [-0.05, 0) is 67.6 Å². The van der Waals surface area contributed by atoms with E-state index in [0.29, 0.717) is 6.54 Å². The third-order valence-electron chi connectivity index (χ3n) is 7.40. The van der Waals surface area contributed by atoms with Gasteiger partial charge < -0.3 is 19.4 Å². The highest BCUT2D eigenvalue weighted by Gasteiger charge is 2.32. The van der Waals surface area contributed by atoms with E-state index in [1.165, 1.54) is 43.4 Å². The Labute approximate surface area is 195 Å². The number of ether oxygens (including phenoxy) is 1. The summed E-state index contributed by atoms with van der Waals surface area (Å²) in [6, 6.07) is 18.6. The van der Waals surface area contributed by atoms with Gasteiger partial charge in [0.25, 0.3) is 5.91 Å². The minimum absolute atomic E-state index is 0.0926. The molecular formula is C28H31N3O2. The zero-order chi connectivity index (χ0) is 22.4. The van der Waals surface area contributed by atoms with Gasteiger partial charge in [-0.3, -0.25) is 4.79 Å². The van der Waals surface area contributed by atoms with Crippen molar-refractivity contribution in [3.8, 4) is 5.75 Å². The second-order valence-electron chi connectivity index (χ2n) is 9.66. The molecule has 1 saturated carbocycles. The van der Waals surface area contributed by atoms with Gasteiger partial charge in [-0.1, -0.05) is 24.3 Å². The molecule has 0 N–H and O–H groups in total. The fourth-order valence-electron chi connectivity index (χ4n) is 5.44. The van der Waals surface area contributed by atoms with Crippen molar-refractivity contribution in [1.29, 1.82) is 0 Å². The van der Waals surface area contributed by atoms with Crippen LogP contribution in [0.15, 0.2) is 54.6 Å². The maximum absolute atomic E-state index is 13.4. The predicted molar refractivity (Wildman–Crippen MR) is 133 cm³/mol. The Morgan fingerprint density at radius 1 is 0.909 bits per heavy atom. The summed E-state index contributed by atoms with van der Waals surface area (Å²) in [5.41, 5.74) is 4.21. The zero-order valence-corrected chi connectivity index (χ0v) is 19.3. The van der Waals surface area contributed by atoms with Crippen molar-refractivity contribution in [3.63, 3.8) is 0 Å². The number of hydrogen-bond donors (Lipinski definition) is 0. The minimum atomic E-state index is 0.0926. The molecule has 1 amide bonds. The number of carbonyl (C=O) groups excluding carboxylic acids is 1. The average Bonchev–Trinajstić information content (AvgIpc) is 3.66.